The van der Waals surface area contributed by atoms with Crippen LogP contribution in [0.25, 0.3) is 0 Å². The minimum Gasteiger partial charge on any atom is -0.495 e. The predicted molar refractivity (Wildman–Crippen MR) is 72.0 cm³/mol. The molecule has 0 saturated carbocycles. The molecule has 0 spiro atoms. The first-order valence-electron chi connectivity index (χ1n) is 5.96. The second kappa shape index (κ2) is 5.15. The third-order valence-electron chi connectivity index (χ3n) is 3.47. The Hall–Kier alpha value is -0.930. The van der Waals surface area contributed by atoms with Crippen LogP contribution in [0.2, 0.25) is 5.02 Å². The number of rotatable bonds is 2. The average molecular weight is 255 g/mol. The number of piperidine rings is 1. The SMILES string of the molecule is COc1cc(N2CCC(N)C(C)C2)ccc1Cl. The number of hydrogen-bond acceptors (Lipinski definition) is 3. The largest absolute Gasteiger partial charge is 0.495 e. The molecule has 1 saturated heterocycles. The normalized spacial score (nSPS) is 24.8. The van der Waals surface area contributed by atoms with Crippen molar-refractivity contribution in [2.75, 3.05) is 25.1 Å². The van der Waals surface area contributed by atoms with E-state index in [0.29, 0.717) is 17.0 Å². The van der Waals surface area contributed by atoms with Crippen LogP contribution in [0.1, 0.15) is 13.3 Å². The molecular weight excluding hydrogens is 236 g/mol. The Morgan fingerprint density at radius 3 is 2.88 bits per heavy atom. The quantitative estimate of drug-likeness (QED) is 0.882. The molecule has 0 aliphatic carbocycles. The Labute approximate surface area is 107 Å². The smallest absolute Gasteiger partial charge is 0.139 e. The highest BCUT2D eigenvalue weighted by Gasteiger charge is 2.23. The summed E-state index contributed by atoms with van der Waals surface area (Å²) < 4.78 is 5.24. The maximum absolute atomic E-state index is 6.03. The number of benzene rings is 1. The molecule has 1 aliphatic heterocycles. The summed E-state index contributed by atoms with van der Waals surface area (Å²) in [5.41, 5.74) is 7.18. The fourth-order valence-corrected chi connectivity index (χ4v) is 2.44. The summed E-state index contributed by atoms with van der Waals surface area (Å²) in [6.07, 6.45) is 1.03. The third-order valence-corrected chi connectivity index (χ3v) is 3.78. The lowest BCUT2D eigenvalue weighted by molar-refractivity contribution is 0.382. The fraction of sp³-hybridized carbons (Fsp3) is 0.538. The predicted octanol–water partition coefficient (Wildman–Crippen LogP) is 2.52. The van der Waals surface area contributed by atoms with Crippen molar-refractivity contribution < 1.29 is 4.74 Å². The van der Waals surface area contributed by atoms with Crippen molar-refractivity contribution in [2.45, 2.75) is 19.4 Å². The number of hydrogen-bond donors (Lipinski definition) is 1. The van der Waals surface area contributed by atoms with E-state index in [2.05, 4.69) is 11.8 Å². The van der Waals surface area contributed by atoms with Crippen LogP contribution >= 0.6 is 11.6 Å². The molecule has 94 valence electrons. The summed E-state index contributed by atoms with van der Waals surface area (Å²) in [4.78, 5) is 2.34. The van der Waals surface area contributed by atoms with Crippen LogP contribution in [0.5, 0.6) is 5.75 Å². The van der Waals surface area contributed by atoms with Crippen LogP contribution < -0.4 is 15.4 Å². The lowest BCUT2D eigenvalue weighted by Gasteiger charge is -2.36. The van der Waals surface area contributed by atoms with Gasteiger partial charge in [0, 0.05) is 30.9 Å². The van der Waals surface area contributed by atoms with Gasteiger partial charge in [0.1, 0.15) is 5.75 Å². The van der Waals surface area contributed by atoms with Crippen molar-refractivity contribution in [3.63, 3.8) is 0 Å². The molecule has 17 heavy (non-hydrogen) atoms. The molecular formula is C13H19ClN2O. The molecule has 1 fully saturated rings. The van der Waals surface area contributed by atoms with Gasteiger partial charge in [-0.3, -0.25) is 0 Å². The zero-order chi connectivity index (χ0) is 12.4. The fourth-order valence-electron chi connectivity index (χ4n) is 2.24. The van der Waals surface area contributed by atoms with Crippen molar-refractivity contribution in [3.05, 3.63) is 23.2 Å². The Balaban J connectivity index is 2.17. The van der Waals surface area contributed by atoms with E-state index >= 15 is 0 Å². The van der Waals surface area contributed by atoms with Gasteiger partial charge < -0.3 is 15.4 Å². The van der Waals surface area contributed by atoms with Crippen LogP contribution in [0.15, 0.2) is 18.2 Å². The third kappa shape index (κ3) is 2.67. The van der Waals surface area contributed by atoms with Crippen LogP contribution in [0.3, 0.4) is 0 Å². The highest BCUT2D eigenvalue weighted by atomic mass is 35.5. The maximum Gasteiger partial charge on any atom is 0.139 e. The van der Waals surface area contributed by atoms with Crippen molar-refractivity contribution in [1.82, 2.24) is 0 Å². The molecule has 1 aliphatic rings. The molecule has 3 nitrogen and oxygen atoms in total. The van der Waals surface area contributed by atoms with Gasteiger partial charge in [0.15, 0.2) is 0 Å². The van der Waals surface area contributed by atoms with E-state index in [1.165, 1.54) is 0 Å². The highest BCUT2D eigenvalue weighted by molar-refractivity contribution is 6.32. The number of ether oxygens (including phenoxy) is 1. The molecule has 1 aromatic carbocycles. The molecule has 0 amide bonds. The number of methoxy groups -OCH3 is 1. The minimum atomic E-state index is 0.320. The van der Waals surface area contributed by atoms with Gasteiger partial charge in [-0.2, -0.15) is 0 Å². The molecule has 0 radical (unpaired) electrons. The summed E-state index contributed by atoms with van der Waals surface area (Å²) in [6, 6.07) is 6.23. The second-order valence-electron chi connectivity index (χ2n) is 4.69. The summed E-state index contributed by atoms with van der Waals surface area (Å²) >= 11 is 6.02. The van der Waals surface area contributed by atoms with Crippen LogP contribution in [0, 0.1) is 5.92 Å². The Morgan fingerprint density at radius 2 is 2.24 bits per heavy atom. The second-order valence-corrected chi connectivity index (χ2v) is 5.10. The zero-order valence-corrected chi connectivity index (χ0v) is 11.1. The molecule has 0 aromatic heterocycles. The van der Waals surface area contributed by atoms with Gasteiger partial charge in [-0.25, -0.2) is 0 Å². The van der Waals surface area contributed by atoms with E-state index < -0.39 is 0 Å². The van der Waals surface area contributed by atoms with Crippen molar-refractivity contribution >= 4 is 17.3 Å². The van der Waals surface area contributed by atoms with E-state index in [-0.39, 0.29) is 0 Å². The van der Waals surface area contributed by atoms with Crippen LogP contribution in [-0.2, 0) is 0 Å². The van der Waals surface area contributed by atoms with Gasteiger partial charge in [-0.15, -0.1) is 0 Å². The summed E-state index contributed by atoms with van der Waals surface area (Å²) in [5, 5.41) is 0.651. The topological polar surface area (TPSA) is 38.5 Å². The highest BCUT2D eigenvalue weighted by Crippen LogP contribution is 2.31. The molecule has 0 bridgehead atoms. The molecule has 4 heteroatoms. The zero-order valence-electron chi connectivity index (χ0n) is 10.3. The summed E-state index contributed by atoms with van der Waals surface area (Å²) in [6.45, 7) is 4.19. The number of nitrogens with zero attached hydrogens (tertiary/aromatic N) is 1. The number of halogens is 1. The van der Waals surface area contributed by atoms with Crippen molar-refractivity contribution in [2.24, 2.45) is 11.7 Å². The van der Waals surface area contributed by atoms with Gasteiger partial charge in [0.05, 0.1) is 12.1 Å². The monoisotopic (exact) mass is 254 g/mol. The van der Waals surface area contributed by atoms with Gasteiger partial charge in [0.25, 0.3) is 0 Å². The lowest BCUT2D eigenvalue weighted by Crippen LogP contribution is -2.45. The van der Waals surface area contributed by atoms with E-state index in [0.717, 1.165) is 30.9 Å². The van der Waals surface area contributed by atoms with Crippen molar-refractivity contribution in [1.29, 1.82) is 0 Å². The van der Waals surface area contributed by atoms with E-state index in [1.54, 1.807) is 7.11 Å². The first kappa shape index (κ1) is 12.5. The van der Waals surface area contributed by atoms with Gasteiger partial charge in [-0.1, -0.05) is 18.5 Å². The van der Waals surface area contributed by atoms with E-state index in [4.69, 9.17) is 22.1 Å². The lowest BCUT2D eigenvalue weighted by atomic mass is 9.94. The first-order chi connectivity index (χ1) is 8.11. The summed E-state index contributed by atoms with van der Waals surface area (Å²) in [5.74, 6) is 1.25. The molecule has 2 rings (SSSR count). The van der Waals surface area contributed by atoms with E-state index in [1.807, 2.05) is 18.2 Å². The molecule has 2 unspecified atom stereocenters. The standard InChI is InChI=1S/C13H19ClN2O/c1-9-8-16(6-5-12(9)15)10-3-4-11(14)13(7-10)17-2/h3-4,7,9,12H,5-6,8,15H2,1-2H3. The van der Waals surface area contributed by atoms with Gasteiger partial charge in [-0.05, 0) is 24.5 Å². The Bertz CT molecular complexity index is 397. The first-order valence-corrected chi connectivity index (χ1v) is 6.33. The molecule has 2 N–H and O–H groups in total. The van der Waals surface area contributed by atoms with Gasteiger partial charge in [0.2, 0.25) is 0 Å². The molecule has 1 heterocycles. The summed E-state index contributed by atoms with van der Waals surface area (Å²) in [7, 11) is 1.64. The Kier molecular flexibility index (Phi) is 3.79. The van der Waals surface area contributed by atoms with E-state index in [9.17, 15) is 0 Å². The minimum absolute atomic E-state index is 0.320. The molecule has 1 aromatic rings. The van der Waals surface area contributed by atoms with Crippen LogP contribution in [0.4, 0.5) is 5.69 Å². The van der Waals surface area contributed by atoms with Crippen molar-refractivity contribution in [3.8, 4) is 5.75 Å². The van der Waals surface area contributed by atoms with Crippen LogP contribution in [-0.4, -0.2) is 26.2 Å². The number of anilines is 1. The Morgan fingerprint density at radius 1 is 1.47 bits per heavy atom. The number of nitrogens with two attached hydrogens (primary N) is 1. The maximum atomic E-state index is 6.03. The average Bonchev–Trinajstić information content (AvgIpc) is 2.33. The van der Waals surface area contributed by atoms with Gasteiger partial charge >= 0.3 is 0 Å². The molecule has 2 atom stereocenters.